The van der Waals surface area contributed by atoms with Gasteiger partial charge < -0.3 is 25.2 Å². The highest BCUT2D eigenvalue weighted by Crippen LogP contribution is 2.02. The van der Waals surface area contributed by atoms with E-state index in [4.69, 9.17) is 20.4 Å². The lowest BCUT2D eigenvalue weighted by molar-refractivity contribution is 0.0650. The summed E-state index contributed by atoms with van der Waals surface area (Å²) in [5.74, 6) is -1.75. The molecule has 148 valence electrons. The van der Waals surface area contributed by atoms with Crippen molar-refractivity contribution < 1.29 is 34.8 Å². The highest BCUT2D eigenvalue weighted by Gasteiger charge is 1.99. The van der Waals surface area contributed by atoms with E-state index < -0.39 is 11.9 Å². The van der Waals surface area contributed by atoms with E-state index in [-0.39, 0.29) is 13.2 Å². The second-order valence-electron chi connectivity index (χ2n) is 5.40. The van der Waals surface area contributed by atoms with Gasteiger partial charge in [0, 0.05) is 0 Å². The third kappa shape index (κ3) is 12.3. The van der Waals surface area contributed by atoms with E-state index >= 15 is 0 Å². The lowest BCUT2D eigenvalue weighted by Gasteiger charge is -1.94. The number of aromatic carboxylic acids is 2. The Hall–Kier alpha value is -2.74. The van der Waals surface area contributed by atoms with Crippen LogP contribution in [0.4, 0.5) is 0 Å². The van der Waals surface area contributed by atoms with Crippen LogP contribution in [0.2, 0.25) is 0 Å². The van der Waals surface area contributed by atoms with Crippen molar-refractivity contribution in [3.63, 3.8) is 0 Å². The monoisotopic (exact) mass is 378 g/mol. The number of carbonyl (C=O) groups is 2. The Labute approximate surface area is 158 Å². The predicted octanol–water partition coefficient (Wildman–Crippen LogP) is 2.37. The van der Waals surface area contributed by atoms with Crippen molar-refractivity contribution in [2.75, 3.05) is 26.4 Å². The first kappa shape index (κ1) is 24.3. The summed E-state index contributed by atoms with van der Waals surface area (Å²) >= 11 is 0. The zero-order valence-corrected chi connectivity index (χ0v) is 15.5. The molecule has 2 aromatic rings. The van der Waals surface area contributed by atoms with Crippen molar-refractivity contribution in [3.05, 3.63) is 70.8 Å². The van der Waals surface area contributed by atoms with Crippen molar-refractivity contribution in [2.24, 2.45) is 0 Å². The van der Waals surface area contributed by atoms with Crippen LogP contribution in [-0.4, -0.2) is 58.8 Å². The molecule has 4 N–H and O–H groups in total. The van der Waals surface area contributed by atoms with Crippen LogP contribution in [-0.2, 0) is 4.74 Å². The number of aliphatic hydroxyl groups excluding tert-OH is 2. The van der Waals surface area contributed by atoms with Crippen LogP contribution in [0.1, 0.15) is 31.8 Å². The Morgan fingerprint density at radius 2 is 1.00 bits per heavy atom. The number of carboxylic acid groups (broad SMARTS) is 2. The van der Waals surface area contributed by atoms with Crippen LogP contribution >= 0.6 is 0 Å². The van der Waals surface area contributed by atoms with Gasteiger partial charge in [-0.05, 0) is 38.1 Å². The summed E-state index contributed by atoms with van der Waals surface area (Å²) in [7, 11) is 0. The molecular formula is C20H26O7. The number of carboxylic acids is 2. The molecule has 0 radical (unpaired) electrons. The first-order valence-corrected chi connectivity index (χ1v) is 8.21. The summed E-state index contributed by atoms with van der Waals surface area (Å²) in [6.07, 6.45) is 0. The number of benzene rings is 2. The fraction of sp³-hybridized carbons (Fsp3) is 0.300. The van der Waals surface area contributed by atoms with E-state index in [0.29, 0.717) is 24.3 Å². The lowest BCUT2D eigenvalue weighted by Crippen LogP contribution is -2.03. The Morgan fingerprint density at radius 1 is 0.704 bits per heavy atom. The number of aryl methyl sites for hydroxylation is 2. The molecule has 0 heterocycles. The number of aliphatic hydroxyl groups is 2. The maximum absolute atomic E-state index is 10.3. The van der Waals surface area contributed by atoms with E-state index in [1.165, 1.54) is 0 Å². The molecule has 0 saturated carbocycles. The summed E-state index contributed by atoms with van der Waals surface area (Å²) in [5, 5.41) is 33.1. The topological polar surface area (TPSA) is 124 Å². The van der Waals surface area contributed by atoms with Crippen molar-refractivity contribution in [1.29, 1.82) is 0 Å². The van der Waals surface area contributed by atoms with E-state index in [2.05, 4.69) is 4.74 Å². The molecule has 2 rings (SSSR count). The normalized spacial score (nSPS) is 9.33. The molecule has 0 spiro atoms. The summed E-state index contributed by atoms with van der Waals surface area (Å²) in [4.78, 5) is 20.6. The van der Waals surface area contributed by atoms with Gasteiger partial charge in [-0.2, -0.15) is 0 Å². The van der Waals surface area contributed by atoms with Gasteiger partial charge in [0.05, 0.1) is 37.6 Å². The number of ether oxygens (including phenoxy) is 1. The molecular weight excluding hydrogens is 352 g/mol. The molecule has 27 heavy (non-hydrogen) atoms. The molecule has 0 aliphatic heterocycles. The average molecular weight is 378 g/mol. The van der Waals surface area contributed by atoms with E-state index in [9.17, 15) is 9.59 Å². The molecule has 0 unspecified atom stereocenters. The van der Waals surface area contributed by atoms with Crippen molar-refractivity contribution in [3.8, 4) is 0 Å². The Kier molecular flexibility index (Phi) is 13.0. The molecule has 7 heteroatoms. The van der Waals surface area contributed by atoms with Crippen LogP contribution in [0, 0.1) is 13.8 Å². The van der Waals surface area contributed by atoms with Gasteiger partial charge in [0.1, 0.15) is 0 Å². The van der Waals surface area contributed by atoms with Crippen LogP contribution in [0.25, 0.3) is 0 Å². The zero-order valence-electron chi connectivity index (χ0n) is 15.5. The summed E-state index contributed by atoms with van der Waals surface area (Å²) in [6, 6.07) is 13.5. The molecule has 0 saturated heterocycles. The van der Waals surface area contributed by atoms with Crippen LogP contribution in [0.15, 0.2) is 48.5 Å². The molecule has 2 aromatic carbocycles. The second-order valence-corrected chi connectivity index (χ2v) is 5.40. The number of hydrogen-bond acceptors (Lipinski definition) is 5. The largest absolute Gasteiger partial charge is 0.478 e. The summed E-state index contributed by atoms with van der Waals surface area (Å²) < 4.78 is 4.63. The lowest BCUT2D eigenvalue weighted by atomic mass is 10.2. The summed E-state index contributed by atoms with van der Waals surface area (Å²) in [6.45, 7) is 4.54. The van der Waals surface area contributed by atoms with Gasteiger partial charge in [0.2, 0.25) is 0 Å². The molecule has 0 aliphatic carbocycles. The van der Waals surface area contributed by atoms with Gasteiger partial charge in [-0.15, -0.1) is 0 Å². The van der Waals surface area contributed by atoms with Gasteiger partial charge >= 0.3 is 11.9 Å². The second kappa shape index (κ2) is 14.4. The Morgan fingerprint density at radius 3 is 1.22 bits per heavy atom. The standard InChI is InChI=1S/2C8H8O2.C4H10O3/c2*1-6-2-4-7(5-3-6)8(9)10;5-1-3-7-4-2-6/h2*2-5H,1H3,(H,9,10);5-6H,1-4H2. The molecule has 7 nitrogen and oxygen atoms in total. The quantitative estimate of drug-likeness (QED) is 0.569. The molecule has 0 bridgehead atoms. The highest BCUT2D eigenvalue weighted by molar-refractivity contribution is 5.87. The minimum Gasteiger partial charge on any atom is -0.478 e. The van der Waals surface area contributed by atoms with Gasteiger partial charge in [-0.25, -0.2) is 9.59 Å². The van der Waals surface area contributed by atoms with Gasteiger partial charge in [0.25, 0.3) is 0 Å². The third-order valence-corrected chi connectivity index (χ3v) is 3.07. The predicted molar refractivity (Wildman–Crippen MR) is 101 cm³/mol. The number of hydrogen-bond donors (Lipinski definition) is 4. The van der Waals surface area contributed by atoms with Gasteiger partial charge in [-0.3, -0.25) is 0 Å². The first-order valence-electron chi connectivity index (χ1n) is 8.21. The zero-order chi connectivity index (χ0) is 20.7. The van der Waals surface area contributed by atoms with Crippen molar-refractivity contribution in [2.45, 2.75) is 13.8 Å². The van der Waals surface area contributed by atoms with Crippen LogP contribution < -0.4 is 0 Å². The van der Waals surface area contributed by atoms with Crippen LogP contribution in [0.3, 0.4) is 0 Å². The first-order chi connectivity index (χ1) is 12.8. The average Bonchev–Trinajstić information content (AvgIpc) is 2.64. The molecule has 0 fully saturated rings. The van der Waals surface area contributed by atoms with Crippen LogP contribution in [0.5, 0.6) is 0 Å². The summed E-state index contributed by atoms with van der Waals surface area (Å²) in [5.41, 5.74) is 2.83. The molecule has 0 atom stereocenters. The van der Waals surface area contributed by atoms with E-state index in [0.717, 1.165) is 11.1 Å². The molecule has 0 aromatic heterocycles. The SMILES string of the molecule is Cc1ccc(C(=O)O)cc1.Cc1ccc(C(=O)O)cc1.OCCOCCO. The van der Waals surface area contributed by atoms with Gasteiger partial charge in [-0.1, -0.05) is 35.4 Å². The molecule has 0 aliphatic rings. The Balaban J connectivity index is 0.000000384. The van der Waals surface area contributed by atoms with Crippen molar-refractivity contribution in [1.82, 2.24) is 0 Å². The van der Waals surface area contributed by atoms with E-state index in [1.807, 2.05) is 13.8 Å². The van der Waals surface area contributed by atoms with Crippen molar-refractivity contribution >= 4 is 11.9 Å². The molecule has 0 amide bonds. The maximum Gasteiger partial charge on any atom is 0.335 e. The van der Waals surface area contributed by atoms with Gasteiger partial charge in [0.15, 0.2) is 0 Å². The fourth-order valence-corrected chi connectivity index (χ4v) is 1.62. The Bertz CT molecular complexity index is 604. The minimum absolute atomic E-state index is 0.0278. The third-order valence-electron chi connectivity index (χ3n) is 3.07. The van der Waals surface area contributed by atoms with E-state index in [1.54, 1.807) is 48.5 Å². The fourth-order valence-electron chi connectivity index (χ4n) is 1.62. The smallest absolute Gasteiger partial charge is 0.335 e. The highest BCUT2D eigenvalue weighted by atomic mass is 16.5. The minimum atomic E-state index is -0.875. The number of rotatable bonds is 6. The maximum atomic E-state index is 10.3.